The molecular weight excluding hydrogens is 268 g/mol. The first-order valence-corrected chi connectivity index (χ1v) is 6.52. The van der Waals surface area contributed by atoms with Crippen molar-refractivity contribution in [3.05, 3.63) is 68.8 Å². The third-order valence-electron chi connectivity index (χ3n) is 3.26. The van der Waals surface area contributed by atoms with E-state index in [0.29, 0.717) is 5.69 Å². The van der Waals surface area contributed by atoms with Crippen molar-refractivity contribution < 1.29 is 9.72 Å². The molecule has 0 bridgehead atoms. The molecule has 2 rings (SSSR count). The third kappa shape index (κ3) is 3.08. The number of rotatable bonds is 3. The Morgan fingerprint density at radius 3 is 2.24 bits per heavy atom. The van der Waals surface area contributed by atoms with Gasteiger partial charge in [0, 0.05) is 11.8 Å². The van der Waals surface area contributed by atoms with E-state index in [0.717, 1.165) is 16.7 Å². The van der Waals surface area contributed by atoms with Crippen LogP contribution in [0.2, 0.25) is 0 Å². The lowest BCUT2D eigenvalue weighted by Gasteiger charge is -2.13. The first kappa shape index (κ1) is 14.7. The number of amides is 1. The molecule has 0 spiro atoms. The molecule has 2 aromatic carbocycles. The summed E-state index contributed by atoms with van der Waals surface area (Å²) in [5.74, 6) is -0.475. The van der Waals surface area contributed by atoms with E-state index in [1.807, 2.05) is 32.9 Å². The molecule has 0 fully saturated rings. The van der Waals surface area contributed by atoms with Gasteiger partial charge in [0.1, 0.15) is 5.56 Å². The molecule has 0 radical (unpaired) electrons. The van der Waals surface area contributed by atoms with Crippen LogP contribution in [-0.4, -0.2) is 10.8 Å². The number of para-hydroxylation sites is 1. The number of carbonyl (C=O) groups excluding carboxylic acids is 1. The van der Waals surface area contributed by atoms with Crippen LogP contribution in [0.25, 0.3) is 0 Å². The van der Waals surface area contributed by atoms with E-state index in [1.54, 1.807) is 6.07 Å². The van der Waals surface area contributed by atoms with Crippen molar-refractivity contribution in [1.82, 2.24) is 0 Å². The average molecular weight is 284 g/mol. The molecule has 5 heteroatoms. The van der Waals surface area contributed by atoms with Crippen LogP contribution in [0.4, 0.5) is 11.4 Å². The molecule has 1 N–H and O–H groups in total. The molecule has 0 aliphatic rings. The van der Waals surface area contributed by atoms with Crippen LogP contribution in [-0.2, 0) is 0 Å². The summed E-state index contributed by atoms with van der Waals surface area (Å²) in [5, 5.41) is 13.8. The highest BCUT2D eigenvalue weighted by Gasteiger charge is 2.20. The minimum Gasteiger partial charge on any atom is -0.321 e. The predicted octanol–water partition coefficient (Wildman–Crippen LogP) is 3.77. The first-order chi connectivity index (χ1) is 9.90. The van der Waals surface area contributed by atoms with E-state index in [-0.39, 0.29) is 11.3 Å². The highest BCUT2D eigenvalue weighted by molar-refractivity contribution is 6.07. The van der Waals surface area contributed by atoms with Crippen molar-refractivity contribution in [2.24, 2.45) is 0 Å². The molecule has 21 heavy (non-hydrogen) atoms. The van der Waals surface area contributed by atoms with Crippen molar-refractivity contribution in [1.29, 1.82) is 0 Å². The van der Waals surface area contributed by atoms with Gasteiger partial charge in [-0.2, -0.15) is 0 Å². The molecule has 1 amide bonds. The Kier molecular flexibility index (Phi) is 4.03. The zero-order valence-electron chi connectivity index (χ0n) is 12.1. The molecule has 0 heterocycles. The topological polar surface area (TPSA) is 72.2 Å². The second-order valence-electron chi connectivity index (χ2n) is 5.00. The van der Waals surface area contributed by atoms with Crippen LogP contribution in [0.15, 0.2) is 36.4 Å². The fourth-order valence-corrected chi connectivity index (χ4v) is 2.38. The van der Waals surface area contributed by atoms with Gasteiger partial charge in [0.2, 0.25) is 0 Å². The third-order valence-corrected chi connectivity index (χ3v) is 3.26. The number of aryl methyl sites for hydroxylation is 3. The zero-order chi connectivity index (χ0) is 15.6. The molecule has 5 nitrogen and oxygen atoms in total. The Morgan fingerprint density at radius 1 is 1.10 bits per heavy atom. The number of nitro groups is 1. The SMILES string of the molecule is Cc1cc(C)c(NC(=O)c2ccccc2[N+](=O)[O-])c(C)c1. The molecular formula is C16H16N2O3. The van der Waals surface area contributed by atoms with Gasteiger partial charge in [-0.1, -0.05) is 29.8 Å². The summed E-state index contributed by atoms with van der Waals surface area (Å²) in [6.07, 6.45) is 0. The number of hydrogen-bond donors (Lipinski definition) is 1. The number of hydrogen-bond acceptors (Lipinski definition) is 3. The van der Waals surface area contributed by atoms with Gasteiger partial charge in [0.25, 0.3) is 11.6 Å². The number of carbonyl (C=O) groups is 1. The molecule has 108 valence electrons. The molecule has 0 aliphatic carbocycles. The van der Waals surface area contributed by atoms with Gasteiger partial charge >= 0.3 is 0 Å². The van der Waals surface area contributed by atoms with Crippen LogP contribution >= 0.6 is 0 Å². The molecule has 0 unspecified atom stereocenters. The van der Waals surface area contributed by atoms with Gasteiger partial charge in [0.05, 0.1) is 4.92 Å². The molecule has 0 atom stereocenters. The summed E-state index contributed by atoms with van der Waals surface area (Å²) < 4.78 is 0. The van der Waals surface area contributed by atoms with Crippen molar-refractivity contribution in [3.63, 3.8) is 0 Å². The van der Waals surface area contributed by atoms with Gasteiger partial charge in [-0.15, -0.1) is 0 Å². The van der Waals surface area contributed by atoms with Crippen LogP contribution in [0.3, 0.4) is 0 Å². The van der Waals surface area contributed by atoms with Gasteiger partial charge in [0.15, 0.2) is 0 Å². The minimum absolute atomic E-state index is 0.0573. The lowest BCUT2D eigenvalue weighted by Crippen LogP contribution is -2.15. The van der Waals surface area contributed by atoms with E-state index < -0.39 is 10.8 Å². The molecule has 0 saturated carbocycles. The predicted molar refractivity (Wildman–Crippen MR) is 81.7 cm³/mol. The number of anilines is 1. The summed E-state index contributed by atoms with van der Waals surface area (Å²) in [6, 6.07) is 9.84. The minimum atomic E-state index is -0.552. The van der Waals surface area contributed by atoms with E-state index in [1.165, 1.54) is 18.2 Å². The Balaban J connectivity index is 2.38. The summed E-state index contributed by atoms with van der Waals surface area (Å²) in [6.45, 7) is 5.78. The molecule has 0 saturated heterocycles. The molecule has 0 aliphatic heterocycles. The largest absolute Gasteiger partial charge is 0.321 e. The quantitative estimate of drug-likeness (QED) is 0.688. The van der Waals surface area contributed by atoms with Crippen LogP contribution in [0, 0.1) is 30.9 Å². The summed E-state index contributed by atoms with van der Waals surface area (Å²) in [5.41, 5.74) is 3.52. The van der Waals surface area contributed by atoms with E-state index >= 15 is 0 Å². The standard InChI is InChI=1S/C16H16N2O3/c1-10-8-11(2)15(12(3)9-10)17-16(19)13-6-4-5-7-14(13)18(20)21/h4-9H,1-3H3,(H,17,19). The lowest BCUT2D eigenvalue weighted by atomic mass is 10.0. The maximum absolute atomic E-state index is 12.3. The second-order valence-corrected chi connectivity index (χ2v) is 5.00. The number of benzene rings is 2. The maximum atomic E-state index is 12.3. The van der Waals surface area contributed by atoms with Gasteiger partial charge < -0.3 is 5.32 Å². The fourth-order valence-electron chi connectivity index (χ4n) is 2.38. The van der Waals surface area contributed by atoms with E-state index in [2.05, 4.69) is 5.32 Å². The second kappa shape index (κ2) is 5.75. The summed E-state index contributed by atoms with van der Waals surface area (Å²) in [4.78, 5) is 22.7. The number of nitro benzene ring substituents is 1. The number of nitrogens with zero attached hydrogens (tertiary/aromatic N) is 1. The van der Waals surface area contributed by atoms with Crippen molar-refractivity contribution in [2.75, 3.05) is 5.32 Å². The Labute approximate surface area is 122 Å². The average Bonchev–Trinajstić information content (AvgIpc) is 2.42. The number of nitrogens with one attached hydrogen (secondary N) is 1. The lowest BCUT2D eigenvalue weighted by molar-refractivity contribution is -0.385. The Hall–Kier alpha value is -2.69. The fraction of sp³-hybridized carbons (Fsp3) is 0.188. The van der Waals surface area contributed by atoms with Crippen molar-refractivity contribution in [2.45, 2.75) is 20.8 Å². The van der Waals surface area contributed by atoms with Crippen molar-refractivity contribution >= 4 is 17.3 Å². The highest BCUT2D eigenvalue weighted by atomic mass is 16.6. The van der Waals surface area contributed by atoms with Gasteiger partial charge in [-0.05, 0) is 38.0 Å². The Morgan fingerprint density at radius 2 is 1.67 bits per heavy atom. The van der Waals surface area contributed by atoms with Crippen LogP contribution in [0.1, 0.15) is 27.0 Å². The normalized spacial score (nSPS) is 10.2. The highest BCUT2D eigenvalue weighted by Crippen LogP contribution is 2.24. The monoisotopic (exact) mass is 284 g/mol. The molecule has 2 aromatic rings. The zero-order valence-corrected chi connectivity index (χ0v) is 12.1. The first-order valence-electron chi connectivity index (χ1n) is 6.52. The smallest absolute Gasteiger partial charge is 0.282 e. The summed E-state index contributed by atoms with van der Waals surface area (Å²) in [7, 11) is 0. The Bertz CT molecular complexity index is 700. The maximum Gasteiger partial charge on any atom is 0.282 e. The molecule has 0 aromatic heterocycles. The van der Waals surface area contributed by atoms with Gasteiger partial charge in [-0.3, -0.25) is 14.9 Å². The van der Waals surface area contributed by atoms with E-state index in [9.17, 15) is 14.9 Å². The summed E-state index contributed by atoms with van der Waals surface area (Å²) >= 11 is 0. The van der Waals surface area contributed by atoms with E-state index in [4.69, 9.17) is 0 Å². The van der Waals surface area contributed by atoms with Gasteiger partial charge in [-0.25, -0.2) is 0 Å². The van der Waals surface area contributed by atoms with Crippen LogP contribution < -0.4 is 5.32 Å². The van der Waals surface area contributed by atoms with Crippen LogP contribution in [0.5, 0.6) is 0 Å². The van der Waals surface area contributed by atoms with Crippen molar-refractivity contribution in [3.8, 4) is 0 Å².